The molecule has 1 aromatic rings. The second-order valence-corrected chi connectivity index (χ2v) is 13.9. The fourth-order valence-electron chi connectivity index (χ4n) is 3.31. The number of benzene rings is 1. The Balaban J connectivity index is 2.27. The van der Waals surface area contributed by atoms with Gasteiger partial charge in [-0.15, -0.1) is 0 Å². The first-order valence-electron chi connectivity index (χ1n) is 10.3. The van der Waals surface area contributed by atoms with Gasteiger partial charge < -0.3 is 19.2 Å². The predicted molar refractivity (Wildman–Crippen MR) is 115 cm³/mol. The van der Waals surface area contributed by atoms with Gasteiger partial charge in [-0.25, -0.2) is 4.79 Å². The predicted octanol–water partition coefficient (Wildman–Crippen LogP) is 4.13. The molecule has 0 saturated carbocycles. The molecule has 1 fully saturated rings. The third-order valence-corrected chi connectivity index (χ3v) is 10.6. The maximum Gasteiger partial charge on any atom is 0.335 e. The summed E-state index contributed by atoms with van der Waals surface area (Å²) >= 11 is 0. The minimum absolute atomic E-state index is 0.0128. The molecule has 6 heteroatoms. The second-order valence-electron chi connectivity index (χ2n) is 9.16. The van der Waals surface area contributed by atoms with Crippen molar-refractivity contribution >= 4 is 14.3 Å². The van der Waals surface area contributed by atoms with Gasteiger partial charge >= 0.3 is 5.97 Å². The van der Waals surface area contributed by atoms with Crippen LogP contribution in [0.25, 0.3) is 0 Å². The molecule has 1 heterocycles. The molecular formula is C22H37NO4Si. The lowest BCUT2D eigenvalue weighted by molar-refractivity contribution is -0.152. The van der Waals surface area contributed by atoms with E-state index in [9.17, 15) is 4.79 Å². The molecule has 0 aliphatic carbocycles. The van der Waals surface area contributed by atoms with Crippen molar-refractivity contribution in [3.8, 4) is 0 Å². The molecule has 1 N–H and O–H groups in total. The summed E-state index contributed by atoms with van der Waals surface area (Å²) < 4.78 is 17.4. The normalized spacial score (nSPS) is 18.5. The van der Waals surface area contributed by atoms with Crippen LogP contribution in [0.5, 0.6) is 0 Å². The molecule has 1 aliphatic rings. The van der Waals surface area contributed by atoms with E-state index in [1.165, 1.54) is 12.7 Å². The fraction of sp³-hybridized carbons (Fsp3) is 0.682. The lowest BCUT2D eigenvalue weighted by atomic mass is 9.88. The quantitative estimate of drug-likeness (QED) is 0.518. The number of esters is 1. The van der Waals surface area contributed by atoms with Gasteiger partial charge in [0.05, 0.1) is 7.11 Å². The summed E-state index contributed by atoms with van der Waals surface area (Å²) in [7, 11) is -0.707. The van der Waals surface area contributed by atoms with Crippen LogP contribution in [0.15, 0.2) is 30.3 Å². The van der Waals surface area contributed by atoms with E-state index in [4.69, 9.17) is 13.9 Å². The number of ether oxygens (including phenoxy) is 2. The maximum absolute atomic E-state index is 12.8. The van der Waals surface area contributed by atoms with Crippen LogP contribution in [0.1, 0.15) is 39.2 Å². The minimum Gasteiger partial charge on any atom is -0.467 e. The van der Waals surface area contributed by atoms with Crippen LogP contribution in [0.3, 0.4) is 0 Å². The summed E-state index contributed by atoms with van der Waals surface area (Å²) in [6.07, 6.45) is 1.22. The summed E-state index contributed by atoms with van der Waals surface area (Å²) in [4.78, 5) is 12.8. The smallest absolute Gasteiger partial charge is 0.335 e. The highest BCUT2D eigenvalue weighted by atomic mass is 28.4. The molecular weight excluding hydrogens is 370 g/mol. The van der Waals surface area contributed by atoms with E-state index in [0.29, 0.717) is 12.5 Å². The molecule has 1 saturated heterocycles. The molecule has 0 amide bonds. The number of carbonyl (C=O) groups excluding carboxylic acids is 1. The number of nitrogens with one attached hydrogen (secondary N) is 1. The van der Waals surface area contributed by atoms with Crippen molar-refractivity contribution in [3.05, 3.63) is 35.9 Å². The van der Waals surface area contributed by atoms with Crippen molar-refractivity contribution in [2.75, 3.05) is 20.3 Å². The van der Waals surface area contributed by atoms with Crippen molar-refractivity contribution in [1.82, 2.24) is 5.32 Å². The van der Waals surface area contributed by atoms with E-state index in [1.54, 1.807) is 0 Å². The molecule has 5 nitrogen and oxygen atoms in total. The zero-order chi connectivity index (χ0) is 20.8. The number of rotatable bonds is 8. The minimum atomic E-state index is -2.15. The van der Waals surface area contributed by atoms with Crippen molar-refractivity contribution in [1.29, 1.82) is 0 Å². The molecule has 1 aliphatic heterocycles. The molecule has 0 bridgehead atoms. The topological polar surface area (TPSA) is 56.8 Å². The van der Waals surface area contributed by atoms with Crippen LogP contribution in [-0.4, -0.2) is 46.8 Å². The largest absolute Gasteiger partial charge is 0.467 e. The average Bonchev–Trinajstić information content (AvgIpc) is 2.67. The Bertz CT molecular complexity index is 609. The number of hydrogen-bond donors (Lipinski definition) is 1. The SMILES string of the molecule is COC(=O)C(O[Si](C)(C)C(C)(C)C)C(NCc1ccccc1)C1CCOCC1. The van der Waals surface area contributed by atoms with Crippen LogP contribution in [0.4, 0.5) is 0 Å². The summed E-state index contributed by atoms with van der Waals surface area (Å²) in [5.74, 6) is 0.0215. The van der Waals surface area contributed by atoms with E-state index in [0.717, 1.165) is 26.1 Å². The summed E-state index contributed by atoms with van der Waals surface area (Å²) in [6.45, 7) is 13.1. The van der Waals surface area contributed by atoms with E-state index in [2.05, 4.69) is 51.3 Å². The molecule has 1 aromatic carbocycles. The first-order valence-corrected chi connectivity index (χ1v) is 13.2. The monoisotopic (exact) mass is 407 g/mol. The van der Waals surface area contributed by atoms with Crippen LogP contribution in [0.2, 0.25) is 18.1 Å². The van der Waals surface area contributed by atoms with Gasteiger partial charge in [-0.05, 0) is 42.5 Å². The van der Waals surface area contributed by atoms with Gasteiger partial charge in [-0.3, -0.25) is 0 Å². The van der Waals surface area contributed by atoms with Gasteiger partial charge in [0.15, 0.2) is 14.4 Å². The zero-order valence-corrected chi connectivity index (χ0v) is 19.3. The van der Waals surface area contributed by atoms with E-state index in [1.807, 2.05) is 18.2 Å². The average molecular weight is 408 g/mol. The highest BCUT2D eigenvalue weighted by Crippen LogP contribution is 2.38. The molecule has 2 rings (SSSR count). The summed E-state index contributed by atoms with van der Waals surface area (Å²) in [5.41, 5.74) is 1.19. The van der Waals surface area contributed by atoms with Crippen molar-refractivity contribution in [2.45, 2.75) is 70.4 Å². The Kier molecular flexibility index (Phi) is 8.25. The molecule has 2 unspecified atom stereocenters. The van der Waals surface area contributed by atoms with E-state index in [-0.39, 0.29) is 17.0 Å². The van der Waals surface area contributed by atoms with Gasteiger partial charge in [0.1, 0.15) is 0 Å². The van der Waals surface area contributed by atoms with Gasteiger partial charge in [-0.1, -0.05) is 51.1 Å². The molecule has 2 atom stereocenters. The number of methoxy groups -OCH3 is 1. The molecule has 158 valence electrons. The lowest BCUT2D eigenvalue weighted by Gasteiger charge is -2.42. The van der Waals surface area contributed by atoms with Crippen molar-refractivity contribution in [2.24, 2.45) is 5.92 Å². The van der Waals surface area contributed by atoms with Gasteiger partial charge in [-0.2, -0.15) is 0 Å². The highest BCUT2D eigenvalue weighted by molar-refractivity contribution is 6.74. The van der Waals surface area contributed by atoms with Crippen molar-refractivity contribution in [3.63, 3.8) is 0 Å². The van der Waals surface area contributed by atoms with E-state index >= 15 is 0 Å². The summed E-state index contributed by atoms with van der Waals surface area (Å²) in [6, 6.07) is 10.2. The van der Waals surface area contributed by atoms with Gasteiger partial charge in [0.2, 0.25) is 0 Å². The zero-order valence-electron chi connectivity index (χ0n) is 18.3. The summed E-state index contributed by atoms with van der Waals surface area (Å²) in [5, 5.41) is 3.65. The number of carbonyl (C=O) groups is 1. The van der Waals surface area contributed by atoms with E-state index < -0.39 is 14.4 Å². The first kappa shape index (κ1) is 23.1. The Morgan fingerprint density at radius 3 is 2.36 bits per heavy atom. The Hall–Kier alpha value is -1.21. The molecule has 0 radical (unpaired) electrons. The van der Waals surface area contributed by atoms with Gasteiger partial charge in [0, 0.05) is 25.8 Å². The molecule has 28 heavy (non-hydrogen) atoms. The Morgan fingerprint density at radius 1 is 1.21 bits per heavy atom. The Morgan fingerprint density at radius 2 is 1.82 bits per heavy atom. The third-order valence-electron chi connectivity index (χ3n) is 6.15. The second kappa shape index (κ2) is 10.0. The molecule has 0 aromatic heterocycles. The van der Waals surface area contributed by atoms with Crippen LogP contribution < -0.4 is 5.32 Å². The highest BCUT2D eigenvalue weighted by Gasteiger charge is 2.45. The molecule has 0 spiro atoms. The standard InChI is InChI=1S/C22H37NO4Si/c1-22(2,3)28(5,6)27-20(21(24)25-4)19(18-12-14-26-15-13-18)23-16-17-10-8-7-9-11-17/h7-11,18-20,23H,12-16H2,1-6H3. The number of hydrogen-bond acceptors (Lipinski definition) is 5. The third kappa shape index (κ3) is 6.14. The van der Waals surface area contributed by atoms with Crippen LogP contribution >= 0.6 is 0 Å². The van der Waals surface area contributed by atoms with Gasteiger partial charge in [0.25, 0.3) is 0 Å². The fourth-order valence-corrected chi connectivity index (χ4v) is 4.54. The van der Waals surface area contributed by atoms with Crippen molar-refractivity contribution < 1.29 is 18.7 Å². The van der Waals surface area contributed by atoms with Crippen LogP contribution in [0, 0.1) is 5.92 Å². The Labute approximate surface area is 171 Å². The van der Waals surface area contributed by atoms with Crippen LogP contribution in [-0.2, 0) is 25.2 Å². The maximum atomic E-state index is 12.8. The first-order chi connectivity index (χ1) is 13.2. The lowest BCUT2D eigenvalue weighted by Crippen LogP contribution is -2.57.